The van der Waals surface area contributed by atoms with E-state index in [0.29, 0.717) is 22.9 Å². The number of aldehydes is 2. The summed E-state index contributed by atoms with van der Waals surface area (Å²) in [5.41, 5.74) is 0.784. The lowest BCUT2D eigenvalue weighted by atomic mass is 9.75. The van der Waals surface area contributed by atoms with Crippen LogP contribution in [0.5, 0.6) is 0 Å². The number of carbonyl (C=O) groups excluding carboxylic acids is 2. The number of hydrogen-bond donors (Lipinski definition) is 0. The molecule has 0 fully saturated rings. The summed E-state index contributed by atoms with van der Waals surface area (Å²) in [4.78, 5) is 22.6. The lowest BCUT2D eigenvalue weighted by Gasteiger charge is -2.28. The molecule has 4 heteroatoms. The average molecular weight is 301 g/mol. The van der Waals surface area contributed by atoms with Crippen LogP contribution in [0.2, 0.25) is 10.0 Å². The van der Waals surface area contributed by atoms with Crippen molar-refractivity contribution in [2.75, 3.05) is 0 Å². The quantitative estimate of drug-likeness (QED) is 0.693. The van der Waals surface area contributed by atoms with Gasteiger partial charge in [-0.25, -0.2) is 0 Å². The zero-order valence-corrected chi connectivity index (χ0v) is 12.6. The molecule has 0 aliphatic carbocycles. The van der Waals surface area contributed by atoms with Crippen LogP contribution in [0.3, 0.4) is 0 Å². The van der Waals surface area contributed by atoms with Crippen LogP contribution in [-0.2, 0) is 9.59 Å². The van der Waals surface area contributed by atoms with Crippen molar-refractivity contribution in [3.8, 4) is 0 Å². The van der Waals surface area contributed by atoms with Gasteiger partial charge in [-0.05, 0) is 24.5 Å². The summed E-state index contributed by atoms with van der Waals surface area (Å²) in [6.07, 6.45) is 3.16. The van der Waals surface area contributed by atoms with Crippen molar-refractivity contribution in [2.45, 2.75) is 32.6 Å². The minimum absolute atomic E-state index is 0.212. The van der Waals surface area contributed by atoms with Crippen LogP contribution >= 0.6 is 23.2 Å². The van der Waals surface area contributed by atoms with Crippen molar-refractivity contribution in [1.82, 2.24) is 0 Å². The minimum atomic E-state index is -0.230. The molecule has 0 aliphatic rings. The topological polar surface area (TPSA) is 34.1 Å². The van der Waals surface area contributed by atoms with E-state index in [2.05, 4.69) is 0 Å². The second-order valence-corrected chi connectivity index (χ2v) is 5.37. The van der Waals surface area contributed by atoms with Crippen molar-refractivity contribution in [1.29, 1.82) is 0 Å². The second-order valence-electron chi connectivity index (χ2n) is 4.59. The molecule has 19 heavy (non-hydrogen) atoms. The standard InChI is InChI=1S/C15H18Cl2O2/c1-3-10(8-18)14(11(4-2)9-19)12-6-5-7-13(16)15(12)17/h5-11,14H,3-4H2,1-2H3. The van der Waals surface area contributed by atoms with Crippen molar-refractivity contribution >= 4 is 35.8 Å². The monoisotopic (exact) mass is 300 g/mol. The molecule has 0 aliphatic heterocycles. The highest BCUT2D eigenvalue weighted by atomic mass is 35.5. The first-order valence-electron chi connectivity index (χ1n) is 6.45. The molecule has 0 bridgehead atoms. The van der Waals surface area contributed by atoms with Crippen LogP contribution in [0.4, 0.5) is 0 Å². The minimum Gasteiger partial charge on any atom is -0.303 e. The van der Waals surface area contributed by atoms with Gasteiger partial charge in [-0.3, -0.25) is 0 Å². The summed E-state index contributed by atoms with van der Waals surface area (Å²) < 4.78 is 0. The van der Waals surface area contributed by atoms with Crippen LogP contribution in [0.1, 0.15) is 38.2 Å². The molecular formula is C15H18Cl2O2. The Bertz CT molecular complexity index is 430. The van der Waals surface area contributed by atoms with E-state index in [9.17, 15) is 9.59 Å². The Labute approximate surface area is 124 Å². The maximum atomic E-state index is 11.3. The highest BCUT2D eigenvalue weighted by molar-refractivity contribution is 6.42. The Morgan fingerprint density at radius 3 is 2.00 bits per heavy atom. The number of hydrogen-bond acceptors (Lipinski definition) is 2. The van der Waals surface area contributed by atoms with Crippen LogP contribution in [0.15, 0.2) is 18.2 Å². The Hall–Kier alpha value is -0.860. The second kappa shape index (κ2) is 7.66. The van der Waals surface area contributed by atoms with E-state index in [0.717, 1.165) is 18.1 Å². The lowest BCUT2D eigenvalue weighted by Crippen LogP contribution is -2.23. The van der Waals surface area contributed by atoms with Crippen LogP contribution < -0.4 is 0 Å². The largest absolute Gasteiger partial charge is 0.303 e. The maximum Gasteiger partial charge on any atom is 0.123 e. The Kier molecular flexibility index (Phi) is 6.53. The zero-order valence-electron chi connectivity index (χ0n) is 11.1. The third-order valence-corrected chi connectivity index (χ3v) is 4.39. The van der Waals surface area contributed by atoms with Crippen molar-refractivity contribution in [2.24, 2.45) is 11.8 Å². The summed E-state index contributed by atoms with van der Waals surface area (Å²) in [6.45, 7) is 3.87. The fraction of sp³-hybridized carbons (Fsp3) is 0.467. The molecule has 0 aromatic heterocycles. The molecule has 2 atom stereocenters. The van der Waals surface area contributed by atoms with Crippen LogP contribution in [0.25, 0.3) is 0 Å². The molecule has 104 valence electrons. The normalized spacial score (nSPS) is 15.6. The summed E-state index contributed by atoms with van der Waals surface area (Å²) in [7, 11) is 0. The van der Waals surface area contributed by atoms with E-state index in [1.165, 1.54) is 0 Å². The van der Waals surface area contributed by atoms with Crippen molar-refractivity contribution < 1.29 is 9.59 Å². The van der Waals surface area contributed by atoms with Gasteiger partial charge in [-0.15, -0.1) is 0 Å². The third-order valence-electron chi connectivity index (χ3n) is 3.56. The van der Waals surface area contributed by atoms with E-state index in [1.807, 2.05) is 19.9 Å². The Morgan fingerprint density at radius 1 is 1.05 bits per heavy atom. The van der Waals surface area contributed by atoms with E-state index < -0.39 is 0 Å². The molecular weight excluding hydrogens is 283 g/mol. The summed E-state index contributed by atoms with van der Waals surface area (Å²) in [6, 6.07) is 5.34. The molecule has 0 heterocycles. The fourth-order valence-corrected chi connectivity index (χ4v) is 2.86. The molecule has 0 amide bonds. The molecule has 1 rings (SSSR count). The highest BCUT2D eigenvalue weighted by Crippen LogP contribution is 2.40. The average Bonchev–Trinajstić information content (AvgIpc) is 2.43. The molecule has 0 saturated heterocycles. The Morgan fingerprint density at radius 2 is 1.58 bits per heavy atom. The van der Waals surface area contributed by atoms with Gasteiger partial charge in [0, 0.05) is 17.8 Å². The molecule has 0 spiro atoms. The highest BCUT2D eigenvalue weighted by Gasteiger charge is 2.30. The van der Waals surface area contributed by atoms with Crippen LogP contribution in [-0.4, -0.2) is 12.6 Å². The van der Waals surface area contributed by atoms with Crippen LogP contribution in [0, 0.1) is 11.8 Å². The third kappa shape index (κ3) is 3.58. The van der Waals surface area contributed by atoms with E-state index in [4.69, 9.17) is 23.2 Å². The van der Waals surface area contributed by atoms with Gasteiger partial charge in [0.1, 0.15) is 12.6 Å². The van der Waals surface area contributed by atoms with Gasteiger partial charge in [-0.2, -0.15) is 0 Å². The van der Waals surface area contributed by atoms with E-state index >= 15 is 0 Å². The van der Waals surface area contributed by atoms with Gasteiger partial charge in [0.15, 0.2) is 0 Å². The Balaban J connectivity index is 3.33. The van der Waals surface area contributed by atoms with Gasteiger partial charge in [0.05, 0.1) is 10.0 Å². The molecule has 0 saturated carbocycles. The van der Waals surface area contributed by atoms with Crippen molar-refractivity contribution in [3.63, 3.8) is 0 Å². The van der Waals surface area contributed by atoms with Gasteiger partial charge in [-0.1, -0.05) is 49.2 Å². The number of halogens is 2. The predicted octanol–water partition coefficient (Wildman–Crippen LogP) is 4.53. The summed E-state index contributed by atoms with van der Waals surface area (Å²) in [5.74, 6) is -0.673. The number of carbonyl (C=O) groups is 2. The smallest absolute Gasteiger partial charge is 0.123 e. The molecule has 0 radical (unpaired) electrons. The van der Waals surface area contributed by atoms with Crippen molar-refractivity contribution in [3.05, 3.63) is 33.8 Å². The molecule has 1 aromatic rings. The first-order valence-corrected chi connectivity index (χ1v) is 7.20. The molecule has 2 nitrogen and oxygen atoms in total. The van der Waals surface area contributed by atoms with E-state index in [1.54, 1.807) is 12.1 Å². The maximum absolute atomic E-state index is 11.3. The molecule has 0 N–H and O–H groups in total. The number of rotatable bonds is 7. The number of benzene rings is 1. The van der Waals surface area contributed by atoms with Gasteiger partial charge >= 0.3 is 0 Å². The lowest BCUT2D eigenvalue weighted by molar-refractivity contribution is -0.115. The SMILES string of the molecule is CCC(C=O)C(c1cccc(Cl)c1Cl)C(C=O)CC. The first kappa shape index (κ1) is 16.2. The molecule has 1 aromatic carbocycles. The van der Waals surface area contributed by atoms with Gasteiger partial charge < -0.3 is 9.59 Å². The molecule has 2 unspecified atom stereocenters. The van der Waals surface area contributed by atoms with E-state index in [-0.39, 0.29) is 17.8 Å². The van der Waals surface area contributed by atoms with Gasteiger partial charge in [0.2, 0.25) is 0 Å². The first-order chi connectivity index (χ1) is 9.10. The fourth-order valence-electron chi connectivity index (χ4n) is 2.43. The zero-order chi connectivity index (χ0) is 14.4. The summed E-state index contributed by atoms with van der Waals surface area (Å²) >= 11 is 12.3. The summed E-state index contributed by atoms with van der Waals surface area (Å²) in [5, 5.41) is 0.889. The predicted molar refractivity (Wildman–Crippen MR) is 78.9 cm³/mol. The van der Waals surface area contributed by atoms with Gasteiger partial charge in [0.25, 0.3) is 0 Å².